The van der Waals surface area contributed by atoms with Gasteiger partial charge in [0.25, 0.3) is 0 Å². The van der Waals surface area contributed by atoms with Crippen molar-refractivity contribution >= 4 is 33.3 Å². The first-order valence-electron chi connectivity index (χ1n) is 8.64. The molecule has 0 spiro atoms. The normalized spacial score (nSPS) is 11.1. The summed E-state index contributed by atoms with van der Waals surface area (Å²) in [6.45, 7) is 3.35. The van der Waals surface area contributed by atoms with Gasteiger partial charge in [0.15, 0.2) is 5.82 Å². The van der Waals surface area contributed by atoms with E-state index in [1.807, 2.05) is 25.1 Å². The minimum absolute atomic E-state index is 0.198. The number of rotatable bonds is 6. The van der Waals surface area contributed by atoms with Gasteiger partial charge in [0.1, 0.15) is 6.33 Å². The van der Waals surface area contributed by atoms with E-state index >= 15 is 0 Å². The van der Waals surface area contributed by atoms with Gasteiger partial charge < -0.3 is 10.6 Å². The zero-order valence-electron chi connectivity index (χ0n) is 15.9. The summed E-state index contributed by atoms with van der Waals surface area (Å²) < 4.78 is 22.6. The van der Waals surface area contributed by atoms with E-state index in [1.54, 1.807) is 24.3 Å². The summed E-state index contributed by atoms with van der Waals surface area (Å²) in [6.07, 6.45) is 1.36. The first-order chi connectivity index (χ1) is 13.7. The summed E-state index contributed by atoms with van der Waals surface area (Å²) in [5.41, 5.74) is 3.38. The molecule has 4 N–H and O–H groups in total. The molecule has 0 saturated carbocycles. The molecule has 2 aromatic carbocycles. The van der Waals surface area contributed by atoms with Gasteiger partial charge in [-0.2, -0.15) is 4.98 Å². The van der Waals surface area contributed by atoms with Crippen LogP contribution in [0.5, 0.6) is 0 Å². The fourth-order valence-corrected chi connectivity index (χ4v) is 3.38. The molecule has 0 aliphatic carbocycles. The summed E-state index contributed by atoms with van der Waals surface area (Å²) in [6, 6.07) is 12.3. The van der Waals surface area contributed by atoms with Gasteiger partial charge in [-0.25, -0.2) is 23.5 Å². The molecule has 0 fully saturated rings. The maximum atomic E-state index is 11.5. The Morgan fingerprint density at radius 1 is 1.14 bits per heavy atom. The molecule has 3 aromatic rings. The summed E-state index contributed by atoms with van der Waals surface area (Å²) in [5.74, 6) is 0.189. The van der Waals surface area contributed by atoms with Gasteiger partial charge in [-0.15, -0.1) is 0 Å². The van der Waals surface area contributed by atoms with Crippen molar-refractivity contribution in [2.45, 2.75) is 19.6 Å². The van der Waals surface area contributed by atoms with Crippen molar-refractivity contribution in [1.82, 2.24) is 15.0 Å². The Balaban J connectivity index is 1.90. The van der Waals surface area contributed by atoms with Crippen LogP contribution in [-0.4, -0.2) is 29.3 Å². The fourth-order valence-electron chi connectivity index (χ4n) is 2.73. The van der Waals surface area contributed by atoms with Crippen molar-refractivity contribution in [2.24, 2.45) is 5.14 Å². The van der Waals surface area contributed by atoms with Gasteiger partial charge in [-0.3, -0.25) is 4.79 Å². The predicted molar refractivity (Wildman–Crippen MR) is 111 cm³/mol. The zero-order chi connectivity index (χ0) is 21.0. The number of primary sulfonamides is 1. The standard InChI is InChI=1S/C19H20N6O3S/c1-12-6-7-16(17(8-12)23-13(2)26)18-21-11-22-19(25-18)24-15-5-3-4-14(9-15)10-29(20,27)28/h3-9,11H,10H2,1-2H3,(H,23,26)(H2,20,27,28)(H,21,22,24,25). The Morgan fingerprint density at radius 3 is 2.66 bits per heavy atom. The quantitative estimate of drug-likeness (QED) is 0.564. The van der Waals surface area contributed by atoms with Crippen LogP contribution in [0.15, 0.2) is 48.8 Å². The average Bonchev–Trinajstić information content (AvgIpc) is 2.60. The molecule has 0 radical (unpaired) electrons. The maximum absolute atomic E-state index is 11.5. The highest BCUT2D eigenvalue weighted by Gasteiger charge is 2.12. The van der Waals surface area contributed by atoms with E-state index in [1.165, 1.54) is 13.3 Å². The molecule has 0 bridgehead atoms. The third kappa shape index (κ3) is 5.80. The molecule has 0 aliphatic heterocycles. The molecule has 10 heteroatoms. The van der Waals surface area contributed by atoms with Gasteiger partial charge in [-0.05, 0) is 42.3 Å². The second kappa shape index (κ2) is 8.33. The minimum Gasteiger partial charge on any atom is -0.326 e. The summed E-state index contributed by atoms with van der Waals surface area (Å²) >= 11 is 0. The number of hydrogen-bond acceptors (Lipinski definition) is 7. The molecule has 0 atom stereocenters. The van der Waals surface area contributed by atoms with E-state index in [0.717, 1.165) is 5.56 Å². The van der Waals surface area contributed by atoms with E-state index in [0.29, 0.717) is 28.3 Å². The lowest BCUT2D eigenvalue weighted by Crippen LogP contribution is -2.14. The lowest BCUT2D eigenvalue weighted by Gasteiger charge is -2.11. The molecule has 1 aromatic heterocycles. The van der Waals surface area contributed by atoms with Gasteiger partial charge in [-0.1, -0.05) is 18.2 Å². The van der Waals surface area contributed by atoms with Crippen LogP contribution in [0, 0.1) is 6.92 Å². The highest BCUT2D eigenvalue weighted by atomic mass is 32.2. The number of carbonyl (C=O) groups is 1. The summed E-state index contributed by atoms with van der Waals surface area (Å²) in [4.78, 5) is 24.2. The fraction of sp³-hybridized carbons (Fsp3) is 0.158. The Bertz CT molecular complexity index is 1160. The van der Waals surface area contributed by atoms with Gasteiger partial charge in [0.2, 0.25) is 21.9 Å². The Kier molecular flexibility index (Phi) is 5.85. The SMILES string of the molecule is CC(=O)Nc1cc(C)ccc1-c1ncnc(Nc2cccc(CS(N)(=O)=O)c2)n1. The number of amides is 1. The highest BCUT2D eigenvalue weighted by molar-refractivity contribution is 7.88. The molecule has 0 unspecified atom stereocenters. The maximum Gasteiger partial charge on any atom is 0.230 e. The van der Waals surface area contributed by atoms with Crippen LogP contribution in [-0.2, 0) is 20.6 Å². The van der Waals surface area contributed by atoms with Crippen LogP contribution in [0.25, 0.3) is 11.4 Å². The predicted octanol–water partition coefficient (Wildman–Crippen LogP) is 2.34. The Labute approximate surface area is 168 Å². The molecule has 3 rings (SSSR count). The lowest BCUT2D eigenvalue weighted by atomic mass is 10.1. The van der Waals surface area contributed by atoms with E-state index in [9.17, 15) is 13.2 Å². The second-order valence-corrected chi connectivity index (χ2v) is 8.11. The van der Waals surface area contributed by atoms with Crippen LogP contribution in [0.2, 0.25) is 0 Å². The third-order valence-corrected chi connectivity index (χ3v) is 4.59. The summed E-state index contributed by atoms with van der Waals surface area (Å²) in [5, 5.41) is 10.9. The van der Waals surface area contributed by atoms with Crippen LogP contribution >= 0.6 is 0 Å². The minimum atomic E-state index is -3.63. The first kappa shape index (κ1) is 20.4. The van der Waals surface area contributed by atoms with Gasteiger partial charge in [0, 0.05) is 18.2 Å². The number of nitrogens with zero attached hydrogens (tertiary/aromatic N) is 3. The van der Waals surface area contributed by atoms with E-state index in [-0.39, 0.29) is 17.6 Å². The van der Waals surface area contributed by atoms with E-state index in [4.69, 9.17) is 5.14 Å². The van der Waals surface area contributed by atoms with Crippen LogP contribution in [0.4, 0.5) is 17.3 Å². The van der Waals surface area contributed by atoms with Crippen LogP contribution in [0.1, 0.15) is 18.1 Å². The number of nitrogens with two attached hydrogens (primary N) is 1. The molecule has 1 heterocycles. The number of anilines is 3. The highest BCUT2D eigenvalue weighted by Crippen LogP contribution is 2.27. The number of hydrogen-bond donors (Lipinski definition) is 3. The zero-order valence-corrected chi connectivity index (χ0v) is 16.7. The topological polar surface area (TPSA) is 140 Å². The Hall–Kier alpha value is -3.37. The monoisotopic (exact) mass is 412 g/mol. The van der Waals surface area contributed by atoms with Crippen molar-refractivity contribution in [2.75, 3.05) is 10.6 Å². The second-order valence-electron chi connectivity index (χ2n) is 6.50. The third-order valence-electron chi connectivity index (χ3n) is 3.85. The van der Waals surface area contributed by atoms with Crippen molar-refractivity contribution < 1.29 is 13.2 Å². The molecule has 0 aliphatic rings. The van der Waals surface area contributed by atoms with E-state index < -0.39 is 10.0 Å². The van der Waals surface area contributed by atoms with Crippen molar-refractivity contribution in [3.05, 3.63) is 59.9 Å². The number of benzene rings is 2. The summed E-state index contributed by atoms with van der Waals surface area (Å²) in [7, 11) is -3.63. The number of sulfonamides is 1. The van der Waals surface area contributed by atoms with Crippen molar-refractivity contribution in [1.29, 1.82) is 0 Å². The van der Waals surface area contributed by atoms with E-state index in [2.05, 4.69) is 25.6 Å². The van der Waals surface area contributed by atoms with Crippen LogP contribution in [0.3, 0.4) is 0 Å². The lowest BCUT2D eigenvalue weighted by molar-refractivity contribution is -0.114. The number of carbonyl (C=O) groups excluding carboxylic acids is 1. The van der Waals surface area contributed by atoms with Crippen molar-refractivity contribution in [3.8, 4) is 11.4 Å². The molecule has 9 nitrogen and oxygen atoms in total. The van der Waals surface area contributed by atoms with Crippen molar-refractivity contribution in [3.63, 3.8) is 0 Å². The molecule has 150 valence electrons. The van der Waals surface area contributed by atoms with Gasteiger partial charge in [0.05, 0.1) is 11.4 Å². The average molecular weight is 412 g/mol. The molecular weight excluding hydrogens is 392 g/mol. The van der Waals surface area contributed by atoms with Gasteiger partial charge >= 0.3 is 0 Å². The number of aryl methyl sites for hydroxylation is 1. The molecule has 0 saturated heterocycles. The smallest absolute Gasteiger partial charge is 0.230 e. The largest absolute Gasteiger partial charge is 0.326 e. The Morgan fingerprint density at radius 2 is 1.93 bits per heavy atom. The number of aromatic nitrogens is 3. The molecule has 29 heavy (non-hydrogen) atoms. The first-order valence-corrected chi connectivity index (χ1v) is 10.4. The van der Waals surface area contributed by atoms with Crippen LogP contribution < -0.4 is 15.8 Å². The molecule has 1 amide bonds. The number of nitrogens with one attached hydrogen (secondary N) is 2. The molecular formula is C19H20N6O3S.